The van der Waals surface area contributed by atoms with Gasteiger partial charge < -0.3 is 31.3 Å². The van der Waals surface area contributed by atoms with Crippen LogP contribution >= 0.6 is 0 Å². The van der Waals surface area contributed by atoms with E-state index in [1.807, 2.05) is 51.1 Å². The highest BCUT2D eigenvalue weighted by atomic mass is 16.3. The number of hydrogen-bond donors (Lipinski definition) is 6. The van der Waals surface area contributed by atoms with E-state index in [2.05, 4.69) is 16.0 Å². The molecule has 6 N–H and O–H groups in total. The Morgan fingerprint density at radius 2 is 1.76 bits per heavy atom. The van der Waals surface area contributed by atoms with Crippen molar-refractivity contribution < 1.29 is 24.9 Å². The molecule has 3 aromatic rings. The van der Waals surface area contributed by atoms with E-state index in [9.17, 15) is 24.9 Å². The molecule has 0 heterocycles. The Morgan fingerprint density at radius 3 is 2.46 bits per heavy atom. The molecule has 0 aliphatic carbocycles. The molecule has 8 heteroatoms. The lowest BCUT2D eigenvalue weighted by Gasteiger charge is -2.26. The van der Waals surface area contributed by atoms with Crippen molar-refractivity contribution >= 4 is 18.0 Å². The molecule has 8 nitrogen and oxygen atoms in total. The maximum absolute atomic E-state index is 12.8. The lowest BCUT2D eigenvalue weighted by Crippen LogP contribution is -2.36. The van der Waals surface area contributed by atoms with Gasteiger partial charge in [0.15, 0.2) is 0 Å². The van der Waals surface area contributed by atoms with Gasteiger partial charge in [-0.2, -0.15) is 0 Å². The molecule has 0 aliphatic heterocycles. The molecule has 0 fully saturated rings. The summed E-state index contributed by atoms with van der Waals surface area (Å²) in [5, 5.41) is 38.5. The number of hydrogen-bond acceptors (Lipinski definition) is 6. The highest BCUT2D eigenvalue weighted by Gasteiger charge is 2.22. The summed E-state index contributed by atoms with van der Waals surface area (Å²) in [7, 11) is 0. The van der Waals surface area contributed by atoms with E-state index in [-0.39, 0.29) is 41.1 Å². The van der Waals surface area contributed by atoms with Crippen molar-refractivity contribution in [2.75, 3.05) is 18.4 Å². The summed E-state index contributed by atoms with van der Waals surface area (Å²) in [5.41, 5.74) is 3.08. The molecular formula is C29H35N3O5. The molecule has 0 aliphatic rings. The van der Waals surface area contributed by atoms with Crippen LogP contribution in [0.25, 0.3) is 0 Å². The Labute approximate surface area is 217 Å². The number of carbonyl (C=O) groups excluding carboxylic acids is 2. The van der Waals surface area contributed by atoms with Crippen LogP contribution in [0.15, 0.2) is 66.7 Å². The SMILES string of the molecule is C[C@H](Cc1cccc(C(=O)NCC(C)(C)c2ccc(O)cc2)c1)NC[C@@H](O)c1ccc(O)c(NC=O)c1. The van der Waals surface area contributed by atoms with E-state index in [0.717, 1.165) is 11.1 Å². The topological polar surface area (TPSA) is 131 Å². The van der Waals surface area contributed by atoms with Gasteiger partial charge in [-0.15, -0.1) is 0 Å². The van der Waals surface area contributed by atoms with E-state index in [4.69, 9.17) is 0 Å². The molecule has 0 aromatic heterocycles. The van der Waals surface area contributed by atoms with Gasteiger partial charge in [-0.3, -0.25) is 9.59 Å². The smallest absolute Gasteiger partial charge is 0.251 e. The van der Waals surface area contributed by atoms with Crippen molar-refractivity contribution in [3.8, 4) is 11.5 Å². The van der Waals surface area contributed by atoms with Crippen LogP contribution < -0.4 is 16.0 Å². The molecule has 0 unspecified atom stereocenters. The van der Waals surface area contributed by atoms with E-state index in [1.54, 1.807) is 24.3 Å². The molecule has 196 valence electrons. The molecule has 2 amide bonds. The number of aromatic hydroxyl groups is 2. The molecule has 3 aromatic carbocycles. The summed E-state index contributed by atoms with van der Waals surface area (Å²) < 4.78 is 0. The number of carbonyl (C=O) groups is 2. The molecule has 0 saturated heterocycles. The van der Waals surface area contributed by atoms with Crippen molar-refractivity contribution in [3.05, 3.63) is 89.0 Å². The molecule has 37 heavy (non-hydrogen) atoms. The quantitative estimate of drug-likeness (QED) is 0.165. The monoisotopic (exact) mass is 505 g/mol. The average molecular weight is 506 g/mol. The highest BCUT2D eigenvalue weighted by molar-refractivity contribution is 5.94. The summed E-state index contributed by atoms with van der Waals surface area (Å²) >= 11 is 0. The first-order chi connectivity index (χ1) is 17.6. The molecule has 0 saturated carbocycles. The van der Waals surface area contributed by atoms with Crippen molar-refractivity contribution in [2.45, 2.75) is 44.8 Å². The number of aliphatic hydroxyl groups is 1. The Balaban J connectivity index is 1.53. The predicted octanol–water partition coefficient (Wildman–Crippen LogP) is 3.63. The fourth-order valence-electron chi connectivity index (χ4n) is 4.05. The number of aliphatic hydroxyl groups excluding tert-OH is 1. The van der Waals surface area contributed by atoms with Gasteiger partial charge in [0.2, 0.25) is 6.41 Å². The number of phenolic OH excluding ortho intramolecular Hbond substituents is 2. The van der Waals surface area contributed by atoms with Crippen LogP contribution in [0.2, 0.25) is 0 Å². The van der Waals surface area contributed by atoms with E-state index in [1.165, 1.54) is 12.1 Å². The van der Waals surface area contributed by atoms with E-state index in [0.29, 0.717) is 30.5 Å². The molecule has 3 rings (SSSR count). The van der Waals surface area contributed by atoms with Gasteiger partial charge in [0.25, 0.3) is 5.91 Å². The van der Waals surface area contributed by atoms with Gasteiger partial charge in [0.1, 0.15) is 11.5 Å². The third-order valence-corrected chi connectivity index (χ3v) is 6.35. The minimum Gasteiger partial charge on any atom is -0.508 e. The predicted molar refractivity (Wildman–Crippen MR) is 144 cm³/mol. The maximum Gasteiger partial charge on any atom is 0.251 e. The van der Waals surface area contributed by atoms with Crippen molar-refractivity contribution in [1.29, 1.82) is 0 Å². The van der Waals surface area contributed by atoms with Gasteiger partial charge in [-0.05, 0) is 66.4 Å². The lowest BCUT2D eigenvalue weighted by molar-refractivity contribution is -0.105. The summed E-state index contributed by atoms with van der Waals surface area (Å²) in [5.74, 6) is -0.0194. The lowest BCUT2D eigenvalue weighted by atomic mass is 9.84. The third kappa shape index (κ3) is 7.80. The second-order valence-electron chi connectivity index (χ2n) is 9.88. The van der Waals surface area contributed by atoms with Crippen molar-refractivity contribution in [1.82, 2.24) is 10.6 Å². The second-order valence-corrected chi connectivity index (χ2v) is 9.88. The summed E-state index contributed by atoms with van der Waals surface area (Å²) in [6.45, 7) is 6.79. The summed E-state index contributed by atoms with van der Waals surface area (Å²) in [4.78, 5) is 23.5. The average Bonchev–Trinajstić information content (AvgIpc) is 2.87. The number of anilines is 1. The number of benzene rings is 3. The maximum atomic E-state index is 12.8. The Bertz CT molecular complexity index is 1210. The van der Waals surface area contributed by atoms with Crippen LogP contribution in [0.3, 0.4) is 0 Å². The minimum absolute atomic E-state index is 0.0195. The third-order valence-electron chi connectivity index (χ3n) is 6.35. The molecular weight excluding hydrogens is 470 g/mol. The van der Waals surface area contributed by atoms with Crippen LogP contribution in [-0.2, 0) is 16.6 Å². The van der Waals surface area contributed by atoms with Gasteiger partial charge in [-0.25, -0.2) is 0 Å². The number of amides is 2. The number of nitrogens with one attached hydrogen (secondary N) is 3. The Morgan fingerprint density at radius 1 is 1.03 bits per heavy atom. The Hall–Kier alpha value is -3.88. The van der Waals surface area contributed by atoms with Gasteiger partial charge >= 0.3 is 0 Å². The molecule has 0 spiro atoms. The van der Waals surface area contributed by atoms with Crippen molar-refractivity contribution in [2.24, 2.45) is 0 Å². The fraction of sp³-hybridized carbons (Fsp3) is 0.310. The molecule has 0 bridgehead atoms. The number of rotatable bonds is 12. The van der Waals surface area contributed by atoms with Gasteiger partial charge in [0, 0.05) is 30.1 Å². The zero-order chi connectivity index (χ0) is 27.0. The van der Waals surface area contributed by atoms with Crippen LogP contribution in [-0.4, -0.2) is 46.8 Å². The van der Waals surface area contributed by atoms with Crippen LogP contribution in [0.5, 0.6) is 11.5 Å². The zero-order valence-corrected chi connectivity index (χ0v) is 21.4. The van der Waals surface area contributed by atoms with Crippen LogP contribution in [0.1, 0.15) is 53.9 Å². The van der Waals surface area contributed by atoms with E-state index >= 15 is 0 Å². The Kier molecular flexibility index (Phi) is 9.27. The van der Waals surface area contributed by atoms with Crippen LogP contribution in [0, 0.1) is 0 Å². The fourth-order valence-corrected chi connectivity index (χ4v) is 4.05. The molecule has 2 atom stereocenters. The zero-order valence-electron chi connectivity index (χ0n) is 21.4. The van der Waals surface area contributed by atoms with Gasteiger partial charge in [0.05, 0.1) is 11.8 Å². The normalized spacial score (nSPS) is 13.0. The minimum atomic E-state index is -0.829. The van der Waals surface area contributed by atoms with Crippen molar-refractivity contribution in [3.63, 3.8) is 0 Å². The van der Waals surface area contributed by atoms with Crippen LogP contribution in [0.4, 0.5) is 5.69 Å². The van der Waals surface area contributed by atoms with E-state index < -0.39 is 6.10 Å². The number of phenols is 2. The largest absolute Gasteiger partial charge is 0.508 e. The first-order valence-corrected chi connectivity index (χ1v) is 12.2. The second kappa shape index (κ2) is 12.4. The van der Waals surface area contributed by atoms with Gasteiger partial charge in [-0.1, -0.05) is 44.2 Å². The first kappa shape index (κ1) is 27.7. The highest BCUT2D eigenvalue weighted by Crippen LogP contribution is 2.27. The summed E-state index contributed by atoms with van der Waals surface area (Å²) in [6.07, 6.45) is 0.293. The molecule has 0 radical (unpaired) electrons. The summed E-state index contributed by atoms with van der Waals surface area (Å²) in [6, 6.07) is 19.1. The first-order valence-electron chi connectivity index (χ1n) is 12.2. The standard InChI is InChI=1S/C29H35N3O5/c1-19(30-16-27(36)21-7-12-26(35)25(15-21)32-18-33)13-20-5-4-6-22(14-20)28(37)31-17-29(2,3)23-8-10-24(34)11-9-23/h4-12,14-15,18-19,27,30,34-36H,13,16-17H2,1-3H3,(H,31,37)(H,32,33)/t19-,27-/m1/s1.